The standard InChI is InChI=1S/C13H15N4O/c1-9-8-16-6-2-5-11(16)13(15-9)17-7-3-4-10(17)12(14)18/h2,4-6,8,10H,3,7H2,1H3,(H2,14,18). The molecule has 1 amide bonds. The van der Waals surface area contributed by atoms with Gasteiger partial charge in [-0.25, -0.2) is 4.98 Å². The number of aromatic nitrogens is 2. The number of hydrogen-bond donors (Lipinski definition) is 1. The highest BCUT2D eigenvalue weighted by Crippen LogP contribution is 2.27. The summed E-state index contributed by atoms with van der Waals surface area (Å²) >= 11 is 0. The molecule has 1 aliphatic heterocycles. The topological polar surface area (TPSA) is 63.6 Å². The van der Waals surface area contributed by atoms with Crippen LogP contribution in [0.15, 0.2) is 24.5 Å². The largest absolute Gasteiger partial charge is 0.368 e. The van der Waals surface area contributed by atoms with E-state index in [0.717, 1.165) is 30.0 Å². The minimum atomic E-state index is -0.349. The molecule has 5 heteroatoms. The minimum Gasteiger partial charge on any atom is -0.368 e. The summed E-state index contributed by atoms with van der Waals surface area (Å²) in [5.74, 6) is 0.512. The molecule has 0 spiro atoms. The fraction of sp³-hybridized carbons (Fsp3) is 0.308. The Bertz CT molecular complexity index is 604. The third-order valence-electron chi connectivity index (χ3n) is 3.28. The number of aryl methyl sites for hydroxylation is 1. The normalized spacial score (nSPS) is 19.6. The number of hydrogen-bond acceptors (Lipinski definition) is 3. The van der Waals surface area contributed by atoms with Crippen molar-refractivity contribution in [2.24, 2.45) is 5.73 Å². The number of rotatable bonds is 2. The first kappa shape index (κ1) is 11.1. The smallest absolute Gasteiger partial charge is 0.240 e. The molecule has 2 aromatic rings. The van der Waals surface area contributed by atoms with Gasteiger partial charge in [-0.2, -0.15) is 0 Å². The molecule has 5 nitrogen and oxygen atoms in total. The van der Waals surface area contributed by atoms with Gasteiger partial charge in [-0.3, -0.25) is 4.79 Å². The third-order valence-corrected chi connectivity index (χ3v) is 3.28. The van der Waals surface area contributed by atoms with Gasteiger partial charge in [-0.15, -0.1) is 0 Å². The van der Waals surface area contributed by atoms with Gasteiger partial charge in [-0.05, 0) is 31.9 Å². The minimum absolute atomic E-state index is 0.319. The second-order valence-corrected chi connectivity index (χ2v) is 4.57. The molecule has 0 bridgehead atoms. The van der Waals surface area contributed by atoms with Crippen LogP contribution in [0.5, 0.6) is 0 Å². The lowest BCUT2D eigenvalue weighted by Gasteiger charge is -2.24. The SMILES string of the molecule is Cc1cn2cccc2c(N2CC[CH]C2C(N)=O)n1. The highest BCUT2D eigenvalue weighted by molar-refractivity contribution is 5.87. The number of amides is 1. The number of carbonyl (C=O) groups is 1. The molecule has 93 valence electrons. The van der Waals surface area contributed by atoms with Crippen LogP contribution in [0.2, 0.25) is 0 Å². The molecule has 3 rings (SSSR count). The van der Waals surface area contributed by atoms with Crippen molar-refractivity contribution in [3.05, 3.63) is 36.6 Å². The summed E-state index contributed by atoms with van der Waals surface area (Å²) in [6.45, 7) is 2.73. The Kier molecular flexibility index (Phi) is 2.47. The average Bonchev–Trinajstić information content (AvgIpc) is 2.95. The Labute approximate surface area is 105 Å². The molecule has 1 saturated heterocycles. The van der Waals surface area contributed by atoms with E-state index >= 15 is 0 Å². The molecular formula is C13H15N4O. The van der Waals surface area contributed by atoms with Gasteiger partial charge in [0.2, 0.25) is 5.91 Å². The maximum atomic E-state index is 11.5. The van der Waals surface area contributed by atoms with E-state index < -0.39 is 0 Å². The van der Waals surface area contributed by atoms with Gasteiger partial charge in [0.25, 0.3) is 0 Å². The second-order valence-electron chi connectivity index (χ2n) is 4.57. The molecule has 18 heavy (non-hydrogen) atoms. The maximum absolute atomic E-state index is 11.5. The molecule has 1 radical (unpaired) electrons. The highest BCUT2D eigenvalue weighted by Gasteiger charge is 2.31. The van der Waals surface area contributed by atoms with Gasteiger partial charge in [-0.1, -0.05) is 0 Å². The van der Waals surface area contributed by atoms with Gasteiger partial charge in [0, 0.05) is 18.9 Å². The summed E-state index contributed by atoms with van der Waals surface area (Å²) in [4.78, 5) is 18.0. The molecule has 1 fully saturated rings. The van der Waals surface area contributed by atoms with Crippen LogP contribution in [-0.2, 0) is 4.79 Å². The van der Waals surface area contributed by atoms with Gasteiger partial charge in [0.05, 0.1) is 11.2 Å². The summed E-state index contributed by atoms with van der Waals surface area (Å²) in [6, 6.07) is 3.62. The summed E-state index contributed by atoms with van der Waals surface area (Å²) in [5.41, 5.74) is 7.36. The maximum Gasteiger partial charge on any atom is 0.240 e. The van der Waals surface area contributed by atoms with E-state index in [0.29, 0.717) is 0 Å². The Hall–Kier alpha value is -2.04. The monoisotopic (exact) mass is 243 g/mol. The summed E-state index contributed by atoms with van der Waals surface area (Å²) in [5, 5.41) is 0. The molecule has 1 aliphatic rings. The van der Waals surface area contributed by atoms with Crippen LogP contribution < -0.4 is 10.6 Å². The van der Waals surface area contributed by atoms with Gasteiger partial charge < -0.3 is 15.0 Å². The van der Waals surface area contributed by atoms with Crippen LogP contribution in [0, 0.1) is 13.3 Å². The van der Waals surface area contributed by atoms with Gasteiger partial charge in [0.1, 0.15) is 6.04 Å². The van der Waals surface area contributed by atoms with Gasteiger partial charge >= 0.3 is 0 Å². The summed E-state index contributed by atoms with van der Waals surface area (Å²) < 4.78 is 2.02. The molecule has 0 aliphatic carbocycles. The molecular weight excluding hydrogens is 228 g/mol. The molecule has 1 unspecified atom stereocenters. The fourth-order valence-corrected chi connectivity index (χ4v) is 2.51. The van der Waals surface area contributed by atoms with Crippen molar-refractivity contribution in [2.45, 2.75) is 19.4 Å². The molecule has 3 heterocycles. The van der Waals surface area contributed by atoms with Crippen molar-refractivity contribution < 1.29 is 4.79 Å². The zero-order valence-corrected chi connectivity index (χ0v) is 10.2. The zero-order valence-electron chi connectivity index (χ0n) is 10.2. The number of nitrogens with two attached hydrogens (primary N) is 1. The third kappa shape index (κ3) is 1.63. The van der Waals surface area contributed by atoms with Crippen LogP contribution in [0.3, 0.4) is 0 Å². The van der Waals surface area contributed by atoms with Crippen LogP contribution in [0.4, 0.5) is 5.82 Å². The van der Waals surface area contributed by atoms with E-state index in [-0.39, 0.29) is 11.9 Å². The van der Waals surface area contributed by atoms with Crippen molar-refractivity contribution in [1.82, 2.24) is 9.38 Å². The molecule has 1 atom stereocenters. The van der Waals surface area contributed by atoms with Crippen LogP contribution >= 0.6 is 0 Å². The number of primary amides is 1. The first-order valence-corrected chi connectivity index (χ1v) is 6.00. The lowest BCUT2D eigenvalue weighted by Crippen LogP contribution is -2.41. The van der Waals surface area contributed by atoms with Crippen molar-refractivity contribution in [3.63, 3.8) is 0 Å². The van der Waals surface area contributed by atoms with E-state index in [1.54, 1.807) is 0 Å². The summed E-state index contributed by atoms with van der Waals surface area (Å²) in [7, 11) is 0. The Morgan fingerprint density at radius 1 is 1.56 bits per heavy atom. The van der Waals surface area contributed by atoms with Crippen molar-refractivity contribution in [1.29, 1.82) is 0 Å². The number of nitrogens with zero attached hydrogens (tertiary/aromatic N) is 3. The van der Waals surface area contributed by atoms with E-state index in [2.05, 4.69) is 4.98 Å². The Morgan fingerprint density at radius 2 is 2.39 bits per heavy atom. The lowest BCUT2D eigenvalue weighted by molar-refractivity contribution is -0.118. The predicted molar refractivity (Wildman–Crippen MR) is 69.2 cm³/mol. The van der Waals surface area contributed by atoms with Crippen LogP contribution in [0.1, 0.15) is 12.1 Å². The van der Waals surface area contributed by atoms with Crippen molar-refractivity contribution in [3.8, 4) is 0 Å². The fourth-order valence-electron chi connectivity index (χ4n) is 2.51. The number of anilines is 1. The first-order chi connectivity index (χ1) is 8.66. The highest BCUT2D eigenvalue weighted by atomic mass is 16.1. The zero-order chi connectivity index (χ0) is 12.7. The second kappa shape index (κ2) is 4.01. The van der Waals surface area contributed by atoms with Crippen molar-refractivity contribution >= 4 is 17.2 Å². The molecule has 0 saturated carbocycles. The average molecular weight is 243 g/mol. The van der Waals surface area contributed by atoms with E-state index in [1.807, 2.05) is 47.2 Å². The predicted octanol–water partition coefficient (Wildman–Crippen LogP) is 0.911. The quantitative estimate of drug-likeness (QED) is 0.852. The number of fused-ring (bicyclic) bond motifs is 1. The Morgan fingerprint density at radius 3 is 3.17 bits per heavy atom. The Balaban J connectivity index is 2.13. The van der Waals surface area contributed by atoms with Crippen molar-refractivity contribution in [2.75, 3.05) is 11.4 Å². The molecule has 2 N–H and O–H groups in total. The van der Waals surface area contributed by atoms with E-state index in [1.165, 1.54) is 0 Å². The van der Waals surface area contributed by atoms with E-state index in [4.69, 9.17) is 5.73 Å². The summed E-state index contributed by atoms with van der Waals surface area (Å²) in [6.07, 6.45) is 6.76. The van der Waals surface area contributed by atoms with Crippen LogP contribution in [0.25, 0.3) is 5.52 Å². The number of carbonyl (C=O) groups excluding carboxylic acids is 1. The molecule has 2 aromatic heterocycles. The van der Waals surface area contributed by atoms with Gasteiger partial charge in [0.15, 0.2) is 5.82 Å². The van der Waals surface area contributed by atoms with E-state index in [9.17, 15) is 4.79 Å². The lowest BCUT2D eigenvalue weighted by atomic mass is 10.2. The first-order valence-electron chi connectivity index (χ1n) is 6.00. The van der Waals surface area contributed by atoms with Crippen LogP contribution in [-0.4, -0.2) is 27.9 Å². The molecule has 0 aromatic carbocycles.